The van der Waals surface area contributed by atoms with Gasteiger partial charge in [0, 0.05) is 46.0 Å². The lowest BCUT2D eigenvalue weighted by Gasteiger charge is -2.37. The maximum Gasteiger partial charge on any atom is 0.319 e. The number of morpholine rings is 1. The Balaban J connectivity index is 1.43. The third-order valence-electron chi connectivity index (χ3n) is 5.96. The number of rotatable bonds is 7. The number of benzene rings is 1. The molecule has 3 rings (SSSR count). The smallest absolute Gasteiger partial charge is 0.319 e. The van der Waals surface area contributed by atoms with E-state index in [1.165, 1.54) is 6.07 Å². The van der Waals surface area contributed by atoms with Gasteiger partial charge in [0.25, 0.3) is 0 Å². The molecule has 1 aromatic carbocycles. The molecular formula is C23H36FN5O3. The quantitative estimate of drug-likeness (QED) is 0.626. The van der Waals surface area contributed by atoms with E-state index in [9.17, 15) is 14.0 Å². The van der Waals surface area contributed by atoms with Crippen molar-refractivity contribution >= 4 is 23.3 Å². The Hall–Kier alpha value is -2.39. The third kappa shape index (κ3) is 6.32. The summed E-state index contributed by atoms with van der Waals surface area (Å²) in [6.45, 7) is 7.36. The lowest BCUT2D eigenvalue weighted by Crippen LogP contribution is -2.45. The largest absolute Gasteiger partial charge is 0.372 e. The van der Waals surface area contributed by atoms with E-state index in [4.69, 9.17) is 4.74 Å². The van der Waals surface area contributed by atoms with Crippen LogP contribution < -0.4 is 15.5 Å². The van der Waals surface area contributed by atoms with Crippen LogP contribution in [0.1, 0.15) is 33.1 Å². The molecule has 2 fully saturated rings. The number of hydrogen-bond acceptors (Lipinski definition) is 5. The minimum atomic E-state index is -0.367. The highest BCUT2D eigenvalue weighted by molar-refractivity contribution is 5.89. The average molecular weight is 450 g/mol. The number of anilines is 2. The van der Waals surface area contributed by atoms with Crippen LogP contribution in [0.4, 0.5) is 20.6 Å². The molecule has 0 aromatic heterocycles. The highest BCUT2D eigenvalue weighted by Gasteiger charge is 2.31. The van der Waals surface area contributed by atoms with Crippen LogP contribution in [0.5, 0.6) is 0 Å². The first-order valence-corrected chi connectivity index (χ1v) is 11.4. The molecule has 2 N–H and O–H groups in total. The number of urea groups is 1. The molecule has 2 aliphatic rings. The number of hydrogen-bond donors (Lipinski definition) is 2. The number of likely N-dealkylation sites (N-methyl/N-ethyl adjacent to an activating group) is 1. The van der Waals surface area contributed by atoms with Gasteiger partial charge in [-0.2, -0.15) is 0 Å². The number of ether oxygens (including phenoxy) is 1. The van der Waals surface area contributed by atoms with E-state index >= 15 is 0 Å². The fraction of sp³-hybridized carbons (Fsp3) is 0.652. The Labute approximate surface area is 190 Å². The molecule has 3 amide bonds. The number of carbonyl (C=O) groups is 2. The SMILES string of the molecule is C[C@@H]1CN(c2ccc(NC(=O)NCCCN3CCC[C@H]3C(=O)N(C)C)cc2F)C[C@@H](C)O1. The minimum absolute atomic E-state index is 0.0403. The zero-order valence-corrected chi connectivity index (χ0v) is 19.6. The second-order valence-corrected chi connectivity index (χ2v) is 8.99. The Morgan fingerprint density at radius 1 is 1.22 bits per heavy atom. The van der Waals surface area contributed by atoms with Gasteiger partial charge in [-0.15, -0.1) is 0 Å². The summed E-state index contributed by atoms with van der Waals surface area (Å²) < 4.78 is 20.4. The molecule has 8 nitrogen and oxygen atoms in total. The summed E-state index contributed by atoms with van der Waals surface area (Å²) in [6.07, 6.45) is 2.72. The second kappa shape index (κ2) is 11.0. The second-order valence-electron chi connectivity index (χ2n) is 8.99. The van der Waals surface area contributed by atoms with Crippen molar-refractivity contribution in [1.82, 2.24) is 15.1 Å². The molecule has 0 saturated carbocycles. The number of nitrogens with zero attached hydrogens (tertiary/aromatic N) is 3. The first-order chi connectivity index (χ1) is 15.2. The molecule has 0 bridgehead atoms. The van der Waals surface area contributed by atoms with Crippen molar-refractivity contribution in [1.29, 1.82) is 0 Å². The lowest BCUT2D eigenvalue weighted by atomic mass is 10.2. The summed E-state index contributed by atoms with van der Waals surface area (Å²) in [6, 6.07) is 4.34. The van der Waals surface area contributed by atoms with Gasteiger partial charge < -0.3 is 25.2 Å². The molecule has 3 atom stereocenters. The maximum absolute atomic E-state index is 14.7. The zero-order valence-electron chi connectivity index (χ0n) is 19.6. The van der Waals surface area contributed by atoms with Crippen molar-refractivity contribution < 1.29 is 18.7 Å². The molecule has 0 aliphatic carbocycles. The van der Waals surface area contributed by atoms with Crippen LogP contribution in [0.3, 0.4) is 0 Å². The van der Waals surface area contributed by atoms with Gasteiger partial charge in [-0.3, -0.25) is 9.69 Å². The molecule has 32 heavy (non-hydrogen) atoms. The highest BCUT2D eigenvalue weighted by Crippen LogP contribution is 2.26. The Bertz CT molecular complexity index is 796. The lowest BCUT2D eigenvalue weighted by molar-refractivity contribution is -0.133. The van der Waals surface area contributed by atoms with Crippen LogP contribution in [0.2, 0.25) is 0 Å². The topological polar surface area (TPSA) is 77.2 Å². The number of amides is 3. The van der Waals surface area contributed by atoms with Crippen LogP contribution in [-0.2, 0) is 9.53 Å². The third-order valence-corrected chi connectivity index (χ3v) is 5.96. The number of nitrogens with one attached hydrogen (secondary N) is 2. The van der Waals surface area contributed by atoms with Crippen LogP contribution in [-0.4, -0.2) is 86.8 Å². The fourth-order valence-corrected chi connectivity index (χ4v) is 4.55. The normalized spacial score (nSPS) is 23.8. The van der Waals surface area contributed by atoms with Gasteiger partial charge in [-0.05, 0) is 57.9 Å². The van der Waals surface area contributed by atoms with E-state index in [-0.39, 0.29) is 36.0 Å². The first-order valence-electron chi connectivity index (χ1n) is 11.4. The van der Waals surface area contributed by atoms with Crippen molar-refractivity contribution in [2.24, 2.45) is 0 Å². The molecular weight excluding hydrogens is 413 g/mol. The van der Waals surface area contributed by atoms with Crippen LogP contribution >= 0.6 is 0 Å². The minimum Gasteiger partial charge on any atom is -0.372 e. The molecule has 9 heteroatoms. The number of halogens is 1. The average Bonchev–Trinajstić information content (AvgIpc) is 3.18. The van der Waals surface area contributed by atoms with Crippen molar-refractivity contribution in [2.45, 2.75) is 51.4 Å². The van der Waals surface area contributed by atoms with Gasteiger partial charge in [0.05, 0.1) is 23.9 Å². The summed E-state index contributed by atoms with van der Waals surface area (Å²) >= 11 is 0. The van der Waals surface area contributed by atoms with E-state index in [1.54, 1.807) is 31.1 Å². The van der Waals surface area contributed by atoms with Crippen molar-refractivity contribution in [3.8, 4) is 0 Å². The van der Waals surface area contributed by atoms with E-state index in [0.717, 1.165) is 32.4 Å². The van der Waals surface area contributed by atoms with Gasteiger partial charge in [0.1, 0.15) is 5.82 Å². The van der Waals surface area contributed by atoms with Crippen LogP contribution in [0.25, 0.3) is 0 Å². The summed E-state index contributed by atoms with van der Waals surface area (Å²) in [5.41, 5.74) is 0.930. The molecule has 0 spiro atoms. The Kier molecular flexibility index (Phi) is 8.31. The van der Waals surface area contributed by atoms with E-state index in [1.807, 2.05) is 18.7 Å². The maximum atomic E-state index is 14.7. The van der Waals surface area contributed by atoms with Crippen molar-refractivity contribution in [2.75, 3.05) is 57.0 Å². The van der Waals surface area contributed by atoms with E-state index < -0.39 is 0 Å². The standard InChI is InChI=1S/C23H36FN5O3/c1-16-14-29(15-17(2)32-16)20-9-8-18(13-19(20)24)26-23(31)25-10-6-12-28-11-5-7-21(28)22(30)27(3)4/h8-9,13,16-17,21H,5-7,10-12,14-15H2,1-4H3,(H2,25,26,31)/t16-,17-,21+/m1/s1. The Morgan fingerprint density at radius 2 is 1.94 bits per heavy atom. The van der Waals surface area contributed by atoms with Crippen molar-refractivity contribution in [3.05, 3.63) is 24.0 Å². The van der Waals surface area contributed by atoms with Gasteiger partial charge in [0.2, 0.25) is 5.91 Å². The van der Waals surface area contributed by atoms with Crippen molar-refractivity contribution in [3.63, 3.8) is 0 Å². The first kappa shape index (κ1) is 24.3. The monoisotopic (exact) mass is 449 g/mol. The summed E-state index contributed by atoms with van der Waals surface area (Å²) in [5.74, 6) is -0.227. The van der Waals surface area contributed by atoms with Gasteiger partial charge in [-0.25, -0.2) is 9.18 Å². The van der Waals surface area contributed by atoms with Gasteiger partial charge >= 0.3 is 6.03 Å². The molecule has 0 unspecified atom stereocenters. The molecule has 1 aromatic rings. The van der Waals surface area contributed by atoms with Gasteiger partial charge in [-0.1, -0.05) is 0 Å². The predicted octanol–water partition coefficient (Wildman–Crippen LogP) is 2.50. The van der Waals surface area contributed by atoms with E-state index in [0.29, 0.717) is 31.0 Å². The number of carbonyl (C=O) groups excluding carboxylic acids is 2. The number of likely N-dealkylation sites (tertiary alicyclic amines) is 1. The molecule has 2 saturated heterocycles. The molecule has 178 valence electrons. The molecule has 2 aliphatic heterocycles. The van der Waals surface area contributed by atoms with Crippen LogP contribution in [0.15, 0.2) is 18.2 Å². The van der Waals surface area contributed by atoms with E-state index in [2.05, 4.69) is 15.5 Å². The Morgan fingerprint density at radius 3 is 2.59 bits per heavy atom. The summed E-state index contributed by atoms with van der Waals surface area (Å²) in [4.78, 5) is 30.3. The van der Waals surface area contributed by atoms with Crippen LogP contribution in [0, 0.1) is 5.82 Å². The zero-order chi connectivity index (χ0) is 23.3. The highest BCUT2D eigenvalue weighted by atomic mass is 19.1. The molecule has 2 heterocycles. The fourth-order valence-electron chi connectivity index (χ4n) is 4.55. The summed E-state index contributed by atoms with van der Waals surface area (Å²) in [5, 5.41) is 5.50. The summed E-state index contributed by atoms with van der Waals surface area (Å²) in [7, 11) is 3.56. The molecule has 0 radical (unpaired) electrons. The van der Waals surface area contributed by atoms with Gasteiger partial charge in [0.15, 0.2) is 0 Å². The predicted molar refractivity (Wildman–Crippen MR) is 124 cm³/mol.